The third-order valence-electron chi connectivity index (χ3n) is 6.90. The van der Waals surface area contributed by atoms with Crippen LogP contribution in [0.2, 0.25) is 0 Å². The van der Waals surface area contributed by atoms with Gasteiger partial charge in [0.25, 0.3) is 5.91 Å². The van der Waals surface area contributed by atoms with E-state index >= 15 is 0 Å². The highest BCUT2D eigenvalue weighted by atomic mass is 16.5. The molecule has 0 spiro atoms. The normalized spacial score (nSPS) is 12.7. The lowest BCUT2D eigenvalue weighted by atomic mass is 10.2. The second kappa shape index (κ2) is 17.7. The van der Waals surface area contributed by atoms with Crippen LogP contribution in [0.1, 0.15) is 34.3 Å². The highest BCUT2D eigenvalue weighted by Gasteiger charge is 2.22. The Hall–Kier alpha value is -5.76. The van der Waals surface area contributed by atoms with Crippen molar-refractivity contribution in [3.8, 4) is 0 Å². The zero-order valence-electron chi connectivity index (χ0n) is 25.7. The molecule has 1 aliphatic rings. The molecule has 0 bridgehead atoms. The van der Waals surface area contributed by atoms with Crippen molar-refractivity contribution in [3.63, 3.8) is 0 Å². The van der Waals surface area contributed by atoms with Crippen molar-refractivity contribution in [3.05, 3.63) is 102 Å². The van der Waals surface area contributed by atoms with Crippen LogP contribution in [0, 0.1) is 5.41 Å². The minimum Gasteiger partial charge on any atom is -0.461 e. The Morgan fingerprint density at radius 1 is 0.745 bits per heavy atom. The second-order valence-electron chi connectivity index (χ2n) is 10.5. The third-order valence-corrected chi connectivity index (χ3v) is 6.90. The van der Waals surface area contributed by atoms with Gasteiger partial charge in [-0.2, -0.15) is 0 Å². The fraction of sp³-hybridized carbons (Fsp3) is 0.273. The predicted octanol–water partition coefficient (Wildman–Crippen LogP) is 2.39. The minimum atomic E-state index is -0.733. The molecule has 246 valence electrons. The van der Waals surface area contributed by atoms with E-state index in [2.05, 4.69) is 21.4 Å². The number of benzene rings is 3. The van der Waals surface area contributed by atoms with Gasteiger partial charge in [0, 0.05) is 44.0 Å². The van der Waals surface area contributed by atoms with Crippen molar-refractivity contribution in [1.82, 2.24) is 26.0 Å². The van der Waals surface area contributed by atoms with Crippen molar-refractivity contribution >= 4 is 41.4 Å². The number of esters is 1. The lowest BCUT2D eigenvalue weighted by molar-refractivity contribution is -0.144. The standard InChI is InChI=1S/C33H37N7O7/c34-32(37-33(45)47-23-25-10-5-2-6-11-25)39-16-18-40(19-17-39)38-29(42)21-28(41)36-27-13-7-12-26(20-27)31(44)35-15-14-30(43)46-22-24-8-3-1-4-9-24/h1-13,20H,14-19,21-23H2,(H,35,44)(H,36,41)(H,38,42)(H2,34,37,45). The smallest absolute Gasteiger partial charge is 0.414 e. The van der Waals surface area contributed by atoms with Crippen LogP contribution in [0.15, 0.2) is 84.9 Å². The average molecular weight is 644 g/mol. The number of hydrogen-bond donors (Lipinski definition) is 5. The highest BCUT2D eigenvalue weighted by Crippen LogP contribution is 2.12. The largest absolute Gasteiger partial charge is 0.461 e. The molecule has 1 aliphatic heterocycles. The van der Waals surface area contributed by atoms with Gasteiger partial charge in [-0.25, -0.2) is 9.80 Å². The first-order valence-electron chi connectivity index (χ1n) is 15.0. The number of nitrogens with one attached hydrogen (secondary N) is 5. The van der Waals surface area contributed by atoms with Crippen LogP contribution in [0.3, 0.4) is 0 Å². The molecule has 0 radical (unpaired) electrons. The van der Waals surface area contributed by atoms with Gasteiger partial charge in [-0.15, -0.1) is 0 Å². The van der Waals surface area contributed by atoms with Crippen LogP contribution in [-0.2, 0) is 37.1 Å². The molecule has 4 amide bonds. The Bertz CT molecular complexity index is 1550. The molecular formula is C33H37N7O7. The number of hydrazine groups is 1. The van der Waals surface area contributed by atoms with E-state index in [0.29, 0.717) is 31.9 Å². The molecule has 5 N–H and O–H groups in total. The first kappa shape index (κ1) is 34.1. The molecule has 1 saturated heterocycles. The number of piperazine rings is 1. The van der Waals surface area contributed by atoms with E-state index in [9.17, 15) is 24.0 Å². The maximum atomic E-state index is 12.6. The van der Waals surface area contributed by atoms with Gasteiger partial charge in [-0.05, 0) is 29.3 Å². The molecule has 47 heavy (non-hydrogen) atoms. The number of carbonyl (C=O) groups is 5. The number of nitrogens with zero attached hydrogens (tertiary/aromatic N) is 2. The molecule has 0 aliphatic carbocycles. The number of anilines is 1. The zero-order chi connectivity index (χ0) is 33.4. The molecule has 1 fully saturated rings. The van der Waals surface area contributed by atoms with Gasteiger partial charge in [0.05, 0.1) is 6.42 Å². The molecular weight excluding hydrogens is 606 g/mol. The van der Waals surface area contributed by atoms with Crippen molar-refractivity contribution in [1.29, 1.82) is 5.41 Å². The lowest BCUT2D eigenvalue weighted by Gasteiger charge is -2.35. The highest BCUT2D eigenvalue weighted by molar-refractivity contribution is 6.04. The van der Waals surface area contributed by atoms with Gasteiger partial charge in [-0.1, -0.05) is 66.7 Å². The monoisotopic (exact) mass is 643 g/mol. The molecule has 0 saturated carbocycles. The minimum absolute atomic E-state index is 0.00239. The van der Waals surface area contributed by atoms with Gasteiger partial charge < -0.3 is 25.0 Å². The number of hydrogen-bond acceptors (Lipinski definition) is 9. The number of ether oxygens (including phenoxy) is 2. The van der Waals surface area contributed by atoms with E-state index < -0.39 is 36.2 Å². The van der Waals surface area contributed by atoms with Crippen LogP contribution in [0.25, 0.3) is 0 Å². The summed E-state index contributed by atoms with van der Waals surface area (Å²) in [6.45, 7) is 1.75. The van der Waals surface area contributed by atoms with Crippen LogP contribution < -0.4 is 21.4 Å². The number of amides is 4. The number of guanidine groups is 1. The first-order valence-corrected chi connectivity index (χ1v) is 15.0. The van der Waals surface area contributed by atoms with Crippen molar-refractivity contribution in [2.75, 3.05) is 38.0 Å². The maximum absolute atomic E-state index is 12.6. The fourth-order valence-corrected chi connectivity index (χ4v) is 4.47. The summed E-state index contributed by atoms with van der Waals surface area (Å²) in [4.78, 5) is 63.2. The summed E-state index contributed by atoms with van der Waals surface area (Å²) in [5, 5.41) is 17.5. The molecule has 0 atom stereocenters. The molecule has 14 nitrogen and oxygen atoms in total. The van der Waals surface area contributed by atoms with Crippen molar-refractivity contribution in [2.45, 2.75) is 26.1 Å². The van der Waals surface area contributed by atoms with Crippen LogP contribution in [-0.4, -0.2) is 78.4 Å². The van der Waals surface area contributed by atoms with Crippen LogP contribution >= 0.6 is 0 Å². The summed E-state index contributed by atoms with van der Waals surface area (Å²) in [6, 6.07) is 24.7. The fourth-order valence-electron chi connectivity index (χ4n) is 4.47. The summed E-state index contributed by atoms with van der Waals surface area (Å²) in [5.74, 6) is -2.07. The van der Waals surface area contributed by atoms with Crippen molar-refractivity contribution < 1.29 is 33.4 Å². The predicted molar refractivity (Wildman–Crippen MR) is 172 cm³/mol. The lowest BCUT2D eigenvalue weighted by Crippen LogP contribution is -2.57. The van der Waals surface area contributed by atoms with Gasteiger partial charge in [0.2, 0.25) is 17.8 Å². The molecule has 3 aromatic rings. The Kier molecular flexibility index (Phi) is 12.8. The van der Waals surface area contributed by atoms with E-state index in [4.69, 9.17) is 14.9 Å². The van der Waals surface area contributed by atoms with Gasteiger partial charge in [-0.3, -0.25) is 35.3 Å². The summed E-state index contributed by atoms with van der Waals surface area (Å²) < 4.78 is 10.3. The van der Waals surface area contributed by atoms with Gasteiger partial charge in [0.15, 0.2) is 0 Å². The Balaban J connectivity index is 1.10. The second-order valence-corrected chi connectivity index (χ2v) is 10.5. The first-order chi connectivity index (χ1) is 22.7. The summed E-state index contributed by atoms with van der Waals surface area (Å²) in [6.07, 6.45) is -1.18. The topological polar surface area (TPSA) is 182 Å². The summed E-state index contributed by atoms with van der Waals surface area (Å²) in [5.41, 5.74) is 4.98. The van der Waals surface area contributed by atoms with Gasteiger partial charge >= 0.3 is 12.1 Å². The van der Waals surface area contributed by atoms with E-state index in [-0.39, 0.29) is 37.7 Å². The summed E-state index contributed by atoms with van der Waals surface area (Å²) >= 11 is 0. The van der Waals surface area contributed by atoms with E-state index in [1.165, 1.54) is 6.07 Å². The maximum Gasteiger partial charge on any atom is 0.414 e. The zero-order valence-corrected chi connectivity index (χ0v) is 25.7. The molecule has 0 aromatic heterocycles. The average Bonchev–Trinajstić information content (AvgIpc) is 3.07. The number of carbonyl (C=O) groups excluding carboxylic acids is 5. The molecule has 0 unspecified atom stereocenters. The number of rotatable bonds is 12. The van der Waals surface area contributed by atoms with Crippen LogP contribution in [0.4, 0.5) is 10.5 Å². The van der Waals surface area contributed by atoms with Gasteiger partial charge in [0.1, 0.15) is 19.6 Å². The van der Waals surface area contributed by atoms with Crippen LogP contribution in [0.5, 0.6) is 0 Å². The Morgan fingerprint density at radius 2 is 1.38 bits per heavy atom. The van der Waals surface area contributed by atoms with E-state index in [1.807, 2.05) is 60.7 Å². The van der Waals surface area contributed by atoms with E-state index in [0.717, 1.165) is 11.1 Å². The molecule has 3 aromatic carbocycles. The Morgan fingerprint density at radius 3 is 2.04 bits per heavy atom. The molecule has 14 heteroatoms. The van der Waals surface area contributed by atoms with E-state index in [1.54, 1.807) is 28.1 Å². The Labute approximate surface area is 271 Å². The molecule has 1 heterocycles. The molecule has 4 rings (SSSR count). The quantitative estimate of drug-likeness (QED) is 0.0857. The van der Waals surface area contributed by atoms with Crippen molar-refractivity contribution in [2.24, 2.45) is 0 Å². The SMILES string of the molecule is N=C(NC(=O)OCc1ccccc1)N1CCN(NC(=O)CC(=O)Nc2cccc(C(=O)NCCC(=O)OCc3ccccc3)c2)CC1. The number of alkyl carbamates (subject to hydrolysis) is 1. The third kappa shape index (κ3) is 11.9. The summed E-state index contributed by atoms with van der Waals surface area (Å²) in [7, 11) is 0.